The molecule has 9 nitrogen and oxygen atoms in total. The summed E-state index contributed by atoms with van der Waals surface area (Å²) in [4.78, 5) is 23.4. The molecule has 39 heavy (non-hydrogen) atoms. The van der Waals surface area contributed by atoms with E-state index in [1.807, 2.05) is 60.7 Å². The minimum Gasteiger partial charge on any atom is -0.493 e. The normalized spacial score (nSPS) is 18.5. The van der Waals surface area contributed by atoms with Crippen LogP contribution in [0.5, 0.6) is 5.75 Å². The molecule has 2 aromatic carbocycles. The van der Waals surface area contributed by atoms with E-state index in [4.69, 9.17) is 4.74 Å². The monoisotopic (exact) mass is 523 g/mol. The molecule has 4 heterocycles. The van der Waals surface area contributed by atoms with Crippen LogP contribution < -0.4 is 15.4 Å². The average molecular weight is 524 g/mol. The minimum atomic E-state index is -0.432. The second-order valence-corrected chi connectivity index (χ2v) is 10.2. The summed E-state index contributed by atoms with van der Waals surface area (Å²) in [6.45, 7) is 5.67. The summed E-state index contributed by atoms with van der Waals surface area (Å²) in [5.41, 5.74) is 3.02. The molecule has 0 aliphatic carbocycles. The van der Waals surface area contributed by atoms with Crippen molar-refractivity contribution in [1.82, 2.24) is 30.4 Å². The first-order valence-electron chi connectivity index (χ1n) is 13.6. The molecule has 9 heteroatoms. The van der Waals surface area contributed by atoms with Gasteiger partial charge in [-0.3, -0.25) is 9.78 Å². The van der Waals surface area contributed by atoms with Crippen LogP contribution in [0, 0.1) is 0 Å². The number of ether oxygens (including phenoxy) is 1. The van der Waals surface area contributed by atoms with Crippen LogP contribution in [0.25, 0.3) is 11.4 Å². The number of hydrogen-bond acceptors (Lipinski definition) is 7. The lowest BCUT2D eigenvalue weighted by Gasteiger charge is -2.41. The number of amides is 1. The molecule has 1 atom stereocenters. The van der Waals surface area contributed by atoms with Gasteiger partial charge in [-0.1, -0.05) is 31.2 Å². The number of piperidine rings is 1. The number of nitrogens with one attached hydrogen (secondary N) is 3. The molecular formula is C30H33N7O2. The lowest BCUT2D eigenvalue weighted by Crippen LogP contribution is -2.47. The molecule has 0 radical (unpaired) electrons. The number of H-pyrrole nitrogens is 1. The Kier molecular flexibility index (Phi) is 6.98. The number of para-hydroxylation sites is 1. The number of carbonyl (C=O) groups excluding carboxylic acids is 1. The SMILES string of the molecule is CCN1CCC(Nc2cccc(C(=O)N[C@H]3CCOc4ccccc43)c2)(c2nnc(-c3ccncc3)[nH]2)CC1. The van der Waals surface area contributed by atoms with Gasteiger partial charge in [-0.25, -0.2) is 0 Å². The molecule has 4 aromatic rings. The summed E-state index contributed by atoms with van der Waals surface area (Å²) in [6, 6.07) is 19.4. The van der Waals surface area contributed by atoms with Crippen LogP contribution >= 0.6 is 0 Å². The predicted octanol–water partition coefficient (Wildman–Crippen LogP) is 4.54. The van der Waals surface area contributed by atoms with Crippen molar-refractivity contribution < 1.29 is 9.53 Å². The lowest BCUT2D eigenvalue weighted by atomic mass is 9.86. The van der Waals surface area contributed by atoms with Crippen molar-refractivity contribution in [1.29, 1.82) is 0 Å². The molecule has 0 unspecified atom stereocenters. The third-order valence-corrected chi connectivity index (χ3v) is 7.82. The van der Waals surface area contributed by atoms with Gasteiger partial charge in [-0.15, -0.1) is 10.2 Å². The largest absolute Gasteiger partial charge is 0.493 e. The Morgan fingerprint density at radius 2 is 1.90 bits per heavy atom. The zero-order valence-electron chi connectivity index (χ0n) is 22.1. The Bertz CT molecular complexity index is 1430. The van der Waals surface area contributed by atoms with Crippen LogP contribution in [0.2, 0.25) is 0 Å². The van der Waals surface area contributed by atoms with Crippen LogP contribution in [0.1, 0.15) is 54.0 Å². The first kappa shape index (κ1) is 25.1. The molecule has 0 bridgehead atoms. The van der Waals surface area contributed by atoms with Crippen LogP contribution in [0.3, 0.4) is 0 Å². The number of pyridine rings is 1. The summed E-state index contributed by atoms with van der Waals surface area (Å²) < 4.78 is 5.76. The highest BCUT2D eigenvalue weighted by Crippen LogP contribution is 2.36. The third kappa shape index (κ3) is 5.22. The van der Waals surface area contributed by atoms with Crippen molar-refractivity contribution in [3.63, 3.8) is 0 Å². The van der Waals surface area contributed by atoms with E-state index < -0.39 is 5.54 Å². The highest BCUT2D eigenvalue weighted by molar-refractivity contribution is 5.95. The van der Waals surface area contributed by atoms with Crippen molar-refractivity contribution >= 4 is 11.6 Å². The fraction of sp³-hybridized carbons (Fsp3) is 0.333. The van der Waals surface area contributed by atoms with Gasteiger partial charge in [0.15, 0.2) is 11.6 Å². The van der Waals surface area contributed by atoms with Gasteiger partial charge in [0.05, 0.1) is 18.2 Å². The van der Waals surface area contributed by atoms with Gasteiger partial charge in [0, 0.05) is 54.3 Å². The van der Waals surface area contributed by atoms with Crippen molar-refractivity contribution in [2.75, 3.05) is 31.6 Å². The quantitative estimate of drug-likeness (QED) is 0.326. The van der Waals surface area contributed by atoms with Crippen LogP contribution in [-0.4, -0.2) is 57.2 Å². The smallest absolute Gasteiger partial charge is 0.251 e. The standard InChI is InChI=1S/C30H33N7O2/c1-2-37-17-13-30(14-18-37,29-33-27(35-36-29)21-10-15-31-16-11-21)34-23-7-5-6-22(20-23)28(38)32-25-12-19-39-26-9-4-3-8-24(25)26/h3-11,15-16,20,25,34H,2,12-14,17-19H2,1H3,(H,32,38)(H,33,35,36)/t25-/m0/s1. The molecular weight excluding hydrogens is 490 g/mol. The Morgan fingerprint density at radius 1 is 1.08 bits per heavy atom. The van der Waals surface area contributed by atoms with Gasteiger partial charge in [0.1, 0.15) is 5.75 Å². The molecule has 3 N–H and O–H groups in total. The van der Waals surface area contributed by atoms with Crippen molar-refractivity contribution in [3.05, 3.63) is 90.0 Å². The van der Waals surface area contributed by atoms with E-state index in [-0.39, 0.29) is 11.9 Å². The highest BCUT2D eigenvalue weighted by Gasteiger charge is 2.39. The summed E-state index contributed by atoms with van der Waals surface area (Å²) >= 11 is 0. The van der Waals surface area contributed by atoms with Gasteiger partial charge in [-0.05, 0) is 55.8 Å². The minimum absolute atomic E-state index is 0.0791. The number of benzene rings is 2. The average Bonchev–Trinajstić information content (AvgIpc) is 3.50. The van der Waals surface area contributed by atoms with Crippen LogP contribution in [0.15, 0.2) is 73.1 Å². The van der Waals surface area contributed by atoms with Gasteiger partial charge < -0.3 is 25.3 Å². The third-order valence-electron chi connectivity index (χ3n) is 7.82. The molecule has 0 spiro atoms. The molecule has 1 fully saturated rings. The van der Waals surface area contributed by atoms with E-state index in [0.29, 0.717) is 12.2 Å². The first-order chi connectivity index (χ1) is 19.1. The van der Waals surface area contributed by atoms with E-state index in [2.05, 4.69) is 42.6 Å². The van der Waals surface area contributed by atoms with Crippen molar-refractivity contribution in [2.45, 2.75) is 37.8 Å². The van der Waals surface area contributed by atoms with Crippen molar-refractivity contribution in [2.24, 2.45) is 0 Å². The number of nitrogens with zero attached hydrogens (tertiary/aromatic N) is 4. The molecule has 0 saturated carbocycles. The number of hydrogen-bond donors (Lipinski definition) is 3. The summed E-state index contributed by atoms with van der Waals surface area (Å²) in [6.07, 6.45) is 5.97. The van der Waals surface area contributed by atoms with E-state index in [0.717, 1.165) is 73.1 Å². The Hall–Kier alpha value is -4.24. The predicted molar refractivity (Wildman–Crippen MR) is 149 cm³/mol. The molecule has 2 aromatic heterocycles. The van der Waals surface area contributed by atoms with Gasteiger partial charge >= 0.3 is 0 Å². The lowest BCUT2D eigenvalue weighted by molar-refractivity contribution is 0.0924. The van der Waals surface area contributed by atoms with Gasteiger partial charge in [0.2, 0.25) is 0 Å². The van der Waals surface area contributed by atoms with E-state index in [1.165, 1.54) is 0 Å². The molecule has 2 aliphatic heterocycles. The van der Waals surface area contributed by atoms with Gasteiger partial charge in [0.25, 0.3) is 5.91 Å². The first-order valence-corrected chi connectivity index (χ1v) is 13.6. The number of aromatic amines is 1. The molecule has 200 valence electrons. The zero-order valence-corrected chi connectivity index (χ0v) is 22.1. The summed E-state index contributed by atoms with van der Waals surface area (Å²) in [5, 5.41) is 16.0. The fourth-order valence-corrected chi connectivity index (χ4v) is 5.54. The number of fused-ring (bicyclic) bond motifs is 1. The number of aromatic nitrogens is 4. The van der Waals surface area contributed by atoms with Crippen LogP contribution in [-0.2, 0) is 5.54 Å². The molecule has 1 saturated heterocycles. The van der Waals surface area contributed by atoms with E-state index >= 15 is 0 Å². The number of carbonyl (C=O) groups is 1. The Balaban J connectivity index is 1.24. The fourth-order valence-electron chi connectivity index (χ4n) is 5.54. The van der Waals surface area contributed by atoms with E-state index in [1.54, 1.807) is 12.4 Å². The van der Waals surface area contributed by atoms with E-state index in [9.17, 15) is 4.79 Å². The highest BCUT2D eigenvalue weighted by atomic mass is 16.5. The topological polar surface area (TPSA) is 108 Å². The molecule has 6 rings (SSSR count). The second kappa shape index (κ2) is 10.9. The Labute approximate surface area is 228 Å². The maximum Gasteiger partial charge on any atom is 0.251 e. The number of likely N-dealkylation sites (tertiary alicyclic amines) is 1. The molecule has 1 amide bonds. The van der Waals surface area contributed by atoms with Gasteiger partial charge in [-0.2, -0.15) is 0 Å². The maximum absolute atomic E-state index is 13.3. The summed E-state index contributed by atoms with van der Waals surface area (Å²) in [7, 11) is 0. The second-order valence-electron chi connectivity index (χ2n) is 10.2. The van der Waals surface area contributed by atoms with Crippen molar-refractivity contribution in [3.8, 4) is 17.1 Å². The summed E-state index contributed by atoms with van der Waals surface area (Å²) in [5.74, 6) is 2.26. The zero-order chi connectivity index (χ0) is 26.7. The Morgan fingerprint density at radius 3 is 2.72 bits per heavy atom. The van der Waals surface area contributed by atoms with Crippen LogP contribution in [0.4, 0.5) is 5.69 Å². The molecule has 2 aliphatic rings. The number of anilines is 1. The maximum atomic E-state index is 13.3. The number of rotatable bonds is 7.